The third-order valence-electron chi connectivity index (χ3n) is 5.37. The van der Waals surface area contributed by atoms with Crippen molar-refractivity contribution in [1.29, 1.82) is 0 Å². The van der Waals surface area contributed by atoms with Crippen LogP contribution in [0.25, 0.3) is 0 Å². The number of benzene rings is 1. The normalized spacial score (nSPS) is 35.3. The predicted molar refractivity (Wildman–Crippen MR) is 103 cm³/mol. The van der Waals surface area contributed by atoms with E-state index in [1.54, 1.807) is 0 Å². The molecule has 3 saturated heterocycles. The molecule has 7 nitrogen and oxygen atoms in total. The average molecular weight is 406 g/mol. The highest BCUT2D eigenvalue weighted by molar-refractivity contribution is 5.76. The molecule has 0 amide bonds. The highest BCUT2D eigenvalue weighted by Gasteiger charge is 2.52. The summed E-state index contributed by atoms with van der Waals surface area (Å²) >= 11 is 0. The molecule has 0 bridgehead atoms. The van der Waals surface area contributed by atoms with Crippen LogP contribution in [0.5, 0.6) is 0 Å². The lowest BCUT2D eigenvalue weighted by Crippen LogP contribution is -2.45. The fourth-order valence-corrected chi connectivity index (χ4v) is 4.27. The second-order valence-corrected chi connectivity index (χ2v) is 8.84. The Labute approximate surface area is 171 Å². The van der Waals surface area contributed by atoms with Crippen molar-refractivity contribution < 1.29 is 33.2 Å². The Balaban J connectivity index is 1.34. The van der Waals surface area contributed by atoms with Gasteiger partial charge in [-0.05, 0) is 33.3 Å². The number of carbonyl (C=O) groups excluding carboxylic acids is 1. The molecule has 3 fully saturated rings. The van der Waals surface area contributed by atoms with Crippen LogP contribution in [-0.2, 0) is 39.8 Å². The standard InChI is InChI=1S/C22H30O7/c1-21(2)26-16(18(28-21)13-24-12-14-8-6-5-7-9-14)10-15-11-17-19(20(23)25-15)29-22(3,4)27-17/h5-9,15-19H,10-13H2,1-4H3/t15-,16+,17+,18+,19+/m1/s1. The minimum Gasteiger partial charge on any atom is -0.460 e. The van der Waals surface area contributed by atoms with Gasteiger partial charge in [0.15, 0.2) is 17.7 Å². The van der Waals surface area contributed by atoms with Gasteiger partial charge in [-0.25, -0.2) is 4.79 Å². The summed E-state index contributed by atoms with van der Waals surface area (Å²) in [6.45, 7) is 8.31. The molecule has 3 aliphatic rings. The maximum Gasteiger partial charge on any atom is 0.338 e. The van der Waals surface area contributed by atoms with Crippen molar-refractivity contribution >= 4 is 5.97 Å². The van der Waals surface area contributed by atoms with Crippen LogP contribution < -0.4 is 0 Å². The Hall–Kier alpha value is -1.51. The summed E-state index contributed by atoms with van der Waals surface area (Å²) in [5, 5.41) is 0. The molecule has 0 N–H and O–H groups in total. The van der Waals surface area contributed by atoms with E-state index in [9.17, 15) is 4.79 Å². The van der Waals surface area contributed by atoms with Crippen molar-refractivity contribution in [3.63, 3.8) is 0 Å². The Morgan fingerprint density at radius 2 is 1.66 bits per heavy atom. The summed E-state index contributed by atoms with van der Waals surface area (Å²) in [7, 11) is 0. The maximum absolute atomic E-state index is 12.4. The maximum atomic E-state index is 12.4. The van der Waals surface area contributed by atoms with Crippen LogP contribution in [0.2, 0.25) is 0 Å². The van der Waals surface area contributed by atoms with Crippen LogP contribution in [-0.4, -0.2) is 54.7 Å². The summed E-state index contributed by atoms with van der Waals surface area (Å²) < 4.78 is 35.2. The number of ether oxygens (including phenoxy) is 6. The number of rotatable bonds is 6. The van der Waals surface area contributed by atoms with Gasteiger partial charge < -0.3 is 28.4 Å². The number of fused-ring (bicyclic) bond motifs is 1. The van der Waals surface area contributed by atoms with Crippen LogP contribution in [0, 0.1) is 0 Å². The number of hydrogen-bond acceptors (Lipinski definition) is 7. The first-order valence-corrected chi connectivity index (χ1v) is 10.2. The third kappa shape index (κ3) is 4.98. The first-order chi connectivity index (χ1) is 13.7. The lowest BCUT2D eigenvalue weighted by molar-refractivity contribution is -0.177. The molecule has 0 radical (unpaired) electrons. The SMILES string of the molecule is CC1(C)O[C@@H](COCc2ccccc2)[C@H](C[C@@H]2C[C@@H]3OC(C)(C)O[C@@H]3C(=O)O2)O1. The molecule has 29 heavy (non-hydrogen) atoms. The Bertz CT molecular complexity index is 717. The quantitative estimate of drug-likeness (QED) is 0.673. The number of esters is 1. The van der Waals surface area contributed by atoms with Gasteiger partial charge >= 0.3 is 5.97 Å². The highest BCUT2D eigenvalue weighted by atomic mass is 16.8. The minimum absolute atomic E-state index is 0.231. The van der Waals surface area contributed by atoms with Gasteiger partial charge in [-0.3, -0.25) is 0 Å². The van der Waals surface area contributed by atoms with Gasteiger partial charge in [0.1, 0.15) is 18.3 Å². The van der Waals surface area contributed by atoms with Gasteiger partial charge in [-0.2, -0.15) is 0 Å². The second kappa shape index (κ2) is 7.96. The van der Waals surface area contributed by atoms with Gasteiger partial charge in [0.25, 0.3) is 0 Å². The van der Waals surface area contributed by atoms with E-state index in [2.05, 4.69) is 0 Å². The molecule has 0 unspecified atom stereocenters. The van der Waals surface area contributed by atoms with Crippen LogP contribution in [0.4, 0.5) is 0 Å². The molecule has 5 atom stereocenters. The van der Waals surface area contributed by atoms with Crippen molar-refractivity contribution in [2.75, 3.05) is 6.61 Å². The van der Waals surface area contributed by atoms with Crippen molar-refractivity contribution in [1.82, 2.24) is 0 Å². The molecule has 7 heteroatoms. The van der Waals surface area contributed by atoms with E-state index in [4.69, 9.17) is 28.4 Å². The fraction of sp³-hybridized carbons (Fsp3) is 0.682. The molecule has 0 spiro atoms. The Kier molecular flexibility index (Phi) is 5.70. The molecule has 0 saturated carbocycles. The zero-order valence-corrected chi connectivity index (χ0v) is 17.5. The van der Waals surface area contributed by atoms with Crippen molar-refractivity contribution in [3.8, 4) is 0 Å². The first kappa shape index (κ1) is 20.8. The smallest absolute Gasteiger partial charge is 0.338 e. The van der Waals surface area contributed by atoms with E-state index in [1.165, 1.54) is 0 Å². The van der Waals surface area contributed by atoms with Gasteiger partial charge in [-0.15, -0.1) is 0 Å². The van der Waals surface area contributed by atoms with E-state index in [0.29, 0.717) is 26.1 Å². The molecule has 3 aliphatic heterocycles. The molecule has 0 aromatic heterocycles. The van der Waals surface area contributed by atoms with Crippen LogP contribution >= 0.6 is 0 Å². The summed E-state index contributed by atoms with van der Waals surface area (Å²) in [6, 6.07) is 10.0. The minimum atomic E-state index is -0.772. The summed E-state index contributed by atoms with van der Waals surface area (Å²) in [5.41, 5.74) is 1.11. The van der Waals surface area contributed by atoms with Crippen LogP contribution in [0.15, 0.2) is 30.3 Å². The zero-order chi connectivity index (χ0) is 20.6. The summed E-state index contributed by atoms with van der Waals surface area (Å²) in [6.07, 6.45) is -0.602. The van der Waals surface area contributed by atoms with Crippen molar-refractivity contribution in [2.24, 2.45) is 0 Å². The zero-order valence-electron chi connectivity index (χ0n) is 17.5. The molecule has 3 heterocycles. The van der Waals surface area contributed by atoms with E-state index < -0.39 is 17.7 Å². The molecule has 1 aromatic rings. The van der Waals surface area contributed by atoms with Crippen LogP contribution in [0.3, 0.4) is 0 Å². The Morgan fingerprint density at radius 1 is 0.966 bits per heavy atom. The topological polar surface area (TPSA) is 72.5 Å². The number of hydrogen-bond donors (Lipinski definition) is 0. The number of cyclic esters (lactones) is 1. The van der Waals surface area contributed by atoms with E-state index >= 15 is 0 Å². The lowest BCUT2D eigenvalue weighted by atomic mass is 9.97. The number of carbonyl (C=O) groups is 1. The van der Waals surface area contributed by atoms with E-state index in [1.807, 2.05) is 58.0 Å². The molecule has 1 aromatic carbocycles. The average Bonchev–Trinajstić information content (AvgIpc) is 3.10. The molecule has 0 aliphatic carbocycles. The summed E-state index contributed by atoms with van der Waals surface area (Å²) in [4.78, 5) is 12.4. The van der Waals surface area contributed by atoms with Crippen molar-refractivity contribution in [2.45, 2.75) is 89.2 Å². The predicted octanol–water partition coefficient (Wildman–Crippen LogP) is 2.95. The molecule has 160 valence electrons. The summed E-state index contributed by atoms with van der Waals surface area (Å²) in [5.74, 6) is -1.85. The van der Waals surface area contributed by atoms with Gasteiger partial charge in [0, 0.05) is 12.8 Å². The van der Waals surface area contributed by atoms with Crippen LogP contribution in [0.1, 0.15) is 46.1 Å². The largest absolute Gasteiger partial charge is 0.460 e. The molecule has 4 rings (SSSR count). The van der Waals surface area contributed by atoms with E-state index in [-0.39, 0.29) is 30.4 Å². The monoisotopic (exact) mass is 406 g/mol. The highest BCUT2D eigenvalue weighted by Crippen LogP contribution is 2.38. The van der Waals surface area contributed by atoms with Gasteiger partial charge in [0.2, 0.25) is 0 Å². The molecular weight excluding hydrogens is 376 g/mol. The van der Waals surface area contributed by atoms with E-state index in [0.717, 1.165) is 5.56 Å². The fourth-order valence-electron chi connectivity index (χ4n) is 4.27. The van der Waals surface area contributed by atoms with Gasteiger partial charge in [0.05, 0.1) is 19.3 Å². The van der Waals surface area contributed by atoms with Gasteiger partial charge in [-0.1, -0.05) is 30.3 Å². The third-order valence-corrected chi connectivity index (χ3v) is 5.37. The first-order valence-electron chi connectivity index (χ1n) is 10.2. The second-order valence-electron chi connectivity index (χ2n) is 8.84. The Morgan fingerprint density at radius 3 is 2.41 bits per heavy atom. The molecular formula is C22H30O7. The van der Waals surface area contributed by atoms with Crippen molar-refractivity contribution in [3.05, 3.63) is 35.9 Å². The lowest BCUT2D eigenvalue weighted by Gasteiger charge is -2.31.